The number of hydrogen-bond acceptors (Lipinski definition) is 3. The van der Waals surface area contributed by atoms with E-state index in [0.717, 1.165) is 66.8 Å². The Balaban J connectivity index is 1.17. The summed E-state index contributed by atoms with van der Waals surface area (Å²) in [5.74, 6) is 1.60. The lowest BCUT2D eigenvalue weighted by Crippen LogP contribution is -2.03. The molecule has 0 N–H and O–H groups in total. The molecule has 1 aliphatic heterocycles. The van der Waals surface area contributed by atoms with Crippen molar-refractivity contribution in [1.82, 2.24) is 0 Å². The Hall–Kier alpha value is -6.06. The molecule has 218 valence electrons. The summed E-state index contributed by atoms with van der Waals surface area (Å²) in [5.41, 5.74) is 12.9. The molecule has 0 atom stereocenters. The SMILES string of the molecule is c1ccc(-c2cc(-c3ccccc3)cc(-c3ccc4c(c3)-c3cc(-c5ccc6c(c5)oc5ccccc56)ccc3OCO4)c2)cc1. The fourth-order valence-corrected chi connectivity index (χ4v) is 6.54. The van der Waals surface area contributed by atoms with Gasteiger partial charge in [-0.1, -0.05) is 97.1 Å². The van der Waals surface area contributed by atoms with Crippen molar-refractivity contribution in [2.24, 2.45) is 0 Å². The van der Waals surface area contributed by atoms with Gasteiger partial charge in [-0.15, -0.1) is 0 Å². The summed E-state index contributed by atoms with van der Waals surface area (Å²) < 4.78 is 18.4. The summed E-state index contributed by atoms with van der Waals surface area (Å²) in [6.45, 7) is 0.158. The molecule has 9 rings (SSSR count). The first-order valence-corrected chi connectivity index (χ1v) is 15.5. The number of benzene rings is 7. The summed E-state index contributed by atoms with van der Waals surface area (Å²) in [6, 6.07) is 55.3. The Morgan fingerprint density at radius 3 is 1.43 bits per heavy atom. The van der Waals surface area contributed by atoms with Crippen LogP contribution in [0.3, 0.4) is 0 Å². The van der Waals surface area contributed by atoms with Crippen LogP contribution in [-0.2, 0) is 0 Å². The lowest BCUT2D eigenvalue weighted by molar-refractivity contribution is 0.125. The Morgan fingerprint density at radius 2 is 0.804 bits per heavy atom. The highest BCUT2D eigenvalue weighted by Crippen LogP contribution is 2.44. The molecule has 1 aliphatic rings. The van der Waals surface area contributed by atoms with Crippen molar-refractivity contribution >= 4 is 21.9 Å². The van der Waals surface area contributed by atoms with Gasteiger partial charge in [0.25, 0.3) is 0 Å². The quantitative estimate of drug-likeness (QED) is 0.204. The molecule has 1 aromatic heterocycles. The maximum atomic E-state index is 6.21. The van der Waals surface area contributed by atoms with E-state index in [9.17, 15) is 0 Å². The summed E-state index contributed by atoms with van der Waals surface area (Å²) >= 11 is 0. The predicted octanol–water partition coefficient (Wildman–Crippen LogP) is 11.6. The van der Waals surface area contributed by atoms with Crippen LogP contribution < -0.4 is 9.47 Å². The predicted molar refractivity (Wildman–Crippen MR) is 187 cm³/mol. The van der Waals surface area contributed by atoms with Gasteiger partial charge in [0.1, 0.15) is 22.7 Å². The number of para-hydroxylation sites is 1. The number of hydrogen-bond donors (Lipinski definition) is 0. The monoisotopic (exact) mass is 592 g/mol. The third-order valence-electron chi connectivity index (χ3n) is 8.87. The van der Waals surface area contributed by atoms with Gasteiger partial charge in [0.2, 0.25) is 6.79 Å². The maximum absolute atomic E-state index is 6.21. The van der Waals surface area contributed by atoms with Crippen LogP contribution in [0, 0.1) is 0 Å². The van der Waals surface area contributed by atoms with E-state index in [1.165, 1.54) is 22.3 Å². The minimum absolute atomic E-state index is 0.158. The molecule has 3 nitrogen and oxygen atoms in total. The fourth-order valence-electron chi connectivity index (χ4n) is 6.54. The Morgan fingerprint density at radius 1 is 0.326 bits per heavy atom. The molecule has 8 aromatic rings. The number of fused-ring (bicyclic) bond motifs is 6. The van der Waals surface area contributed by atoms with Crippen molar-refractivity contribution in [3.63, 3.8) is 0 Å². The van der Waals surface area contributed by atoms with Gasteiger partial charge >= 0.3 is 0 Å². The van der Waals surface area contributed by atoms with E-state index in [4.69, 9.17) is 13.9 Å². The lowest BCUT2D eigenvalue weighted by atomic mass is 9.91. The van der Waals surface area contributed by atoms with Gasteiger partial charge in [-0.25, -0.2) is 0 Å². The van der Waals surface area contributed by atoms with Crippen LogP contribution in [0.15, 0.2) is 162 Å². The molecular formula is C43H28O3. The lowest BCUT2D eigenvalue weighted by Gasteiger charge is -2.14. The summed E-state index contributed by atoms with van der Waals surface area (Å²) in [5, 5.41) is 2.25. The van der Waals surface area contributed by atoms with Crippen LogP contribution in [-0.4, -0.2) is 6.79 Å². The highest BCUT2D eigenvalue weighted by molar-refractivity contribution is 6.06. The fraction of sp³-hybridized carbons (Fsp3) is 0.0233. The van der Waals surface area contributed by atoms with E-state index in [1.807, 2.05) is 24.3 Å². The van der Waals surface area contributed by atoms with Crippen molar-refractivity contribution in [3.05, 3.63) is 158 Å². The van der Waals surface area contributed by atoms with Crippen LogP contribution in [0.1, 0.15) is 0 Å². The first-order chi connectivity index (χ1) is 22.8. The van der Waals surface area contributed by atoms with Gasteiger partial charge < -0.3 is 13.9 Å². The van der Waals surface area contributed by atoms with E-state index < -0.39 is 0 Å². The van der Waals surface area contributed by atoms with E-state index in [2.05, 4.69) is 133 Å². The molecule has 0 aliphatic carbocycles. The smallest absolute Gasteiger partial charge is 0.230 e. The van der Waals surface area contributed by atoms with Crippen molar-refractivity contribution in [2.75, 3.05) is 6.79 Å². The normalized spacial score (nSPS) is 12.2. The molecule has 7 aromatic carbocycles. The van der Waals surface area contributed by atoms with Crippen LogP contribution in [0.2, 0.25) is 0 Å². The zero-order valence-electron chi connectivity index (χ0n) is 24.9. The van der Waals surface area contributed by atoms with E-state index in [1.54, 1.807) is 0 Å². The standard InChI is InChI=1S/C43H28O3/c1-3-9-28(10-4-1)33-21-34(29-11-5-2-6-12-29)23-35(22-33)31-17-20-41-39(25-31)38-24-30(16-19-40(38)44-27-45-41)32-15-18-37-36-13-7-8-14-42(36)46-43(37)26-32/h1-26H,27H2. The van der Waals surface area contributed by atoms with Gasteiger partial charge in [0, 0.05) is 21.9 Å². The van der Waals surface area contributed by atoms with Crippen LogP contribution in [0.4, 0.5) is 0 Å². The Labute approximate surface area is 266 Å². The summed E-state index contributed by atoms with van der Waals surface area (Å²) in [7, 11) is 0. The molecule has 0 unspecified atom stereocenters. The molecule has 0 bridgehead atoms. The van der Waals surface area contributed by atoms with Crippen molar-refractivity contribution in [3.8, 4) is 67.1 Å². The molecule has 0 saturated carbocycles. The van der Waals surface area contributed by atoms with Gasteiger partial charge in [0.05, 0.1) is 0 Å². The molecule has 0 fully saturated rings. The largest absolute Gasteiger partial charge is 0.457 e. The van der Waals surface area contributed by atoms with Gasteiger partial charge in [-0.3, -0.25) is 0 Å². The molecular weight excluding hydrogens is 564 g/mol. The summed E-state index contributed by atoms with van der Waals surface area (Å²) in [4.78, 5) is 0. The van der Waals surface area contributed by atoms with Crippen molar-refractivity contribution < 1.29 is 13.9 Å². The molecule has 0 saturated heterocycles. The van der Waals surface area contributed by atoms with Gasteiger partial charge in [0.15, 0.2) is 0 Å². The third-order valence-corrected chi connectivity index (χ3v) is 8.87. The average Bonchev–Trinajstić information content (AvgIpc) is 3.40. The Bertz CT molecular complexity index is 2330. The minimum atomic E-state index is 0.158. The first kappa shape index (κ1) is 26.4. The summed E-state index contributed by atoms with van der Waals surface area (Å²) in [6.07, 6.45) is 0. The number of rotatable bonds is 4. The second-order valence-electron chi connectivity index (χ2n) is 11.7. The van der Waals surface area contributed by atoms with E-state index in [-0.39, 0.29) is 6.79 Å². The zero-order chi connectivity index (χ0) is 30.5. The van der Waals surface area contributed by atoms with Crippen LogP contribution in [0.25, 0.3) is 77.6 Å². The Kier molecular flexibility index (Phi) is 6.20. The highest BCUT2D eigenvalue weighted by atomic mass is 16.7. The second-order valence-corrected chi connectivity index (χ2v) is 11.7. The van der Waals surface area contributed by atoms with Crippen molar-refractivity contribution in [1.29, 1.82) is 0 Å². The van der Waals surface area contributed by atoms with Gasteiger partial charge in [-0.2, -0.15) is 0 Å². The van der Waals surface area contributed by atoms with E-state index >= 15 is 0 Å². The zero-order valence-corrected chi connectivity index (χ0v) is 24.9. The van der Waals surface area contributed by atoms with Crippen LogP contribution in [0.5, 0.6) is 11.5 Å². The second kappa shape index (κ2) is 10.8. The molecule has 3 heteroatoms. The highest BCUT2D eigenvalue weighted by Gasteiger charge is 2.19. The minimum Gasteiger partial charge on any atom is -0.457 e. The molecule has 0 amide bonds. The number of furan rings is 1. The molecule has 0 spiro atoms. The van der Waals surface area contributed by atoms with Crippen molar-refractivity contribution in [2.45, 2.75) is 0 Å². The third kappa shape index (κ3) is 4.61. The number of ether oxygens (including phenoxy) is 2. The van der Waals surface area contributed by atoms with Gasteiger partial charge in [-0.05, 0) is 105 Å². The topological polar surface area (TPSA) is 31.6 Å². The molecule has 2 heterocycles. The van der Waals surface area contributed by atoms with E-state index in [0.29, 0.717) is 0 Å². The van der Waals surface area contributed by atoms with Crippen LogP contribution >= 0.6 is 0 Å². The molecule has 46 heavy (non-hydrogen) atoms. The first-order valence-electron chi connectivity index (χ1n) is 15.5. The maximum Gasteiger partial charge on any atom is 0.230 e. The molecule has 0 radical (unpaired) electrons. The average molecular weight is 593 g/mol.